The fourth-order valence-corrected chi connectivity index (χ4v) is 6.79. The summed E-state index contributed by atoms with van der Waals surface area (Å²) >= 11 is 0. The van der Waals surface area contributed by atoms with Crippen LogP contribution in [0.3, 0.4) is 0 Å². The van der Waals surface area contributed by atoms with E-state index >= 15 is 0 Å². The molecular formula is C34H33FN6O2. The quantitative estimate of drug-likeness (QED) is 0.287. The van der Waals surface area contributed by atoms with Crippen LogP contribution in [0.5, 0.6) is 0 Å². The minimum atomic E-state index is -0.985. The fraction of sp³-hybridized carbons (Fsp3) is 0.353. The summed E-state index contributed by atoms with van der Waals surface area (Å²) in [6.07, 6.45) is 3.70. The van der Waals surface area contributed by atoms with E-state index in [2.05, 4.69) is 35.0 Å². The molecule has 2 amide bonds. The molecule has 8 rings (SSSR count). The molecule has 1 aliphatic carbocycles. The van der Waals surface area contributed by atoms with E-state index in [0.29, 0.717) is 31.0 Å². The van der Waals surface area contributed by atoms with Crippen LogP contribution in [0, 0.1) is 18.8 Å². The van der Waals surface area contributed by atoms with Crippen molar-refractivity contribution in [2.24, 2.45) is 11.8 Å². The molecule has 6 heterocycles. The van der Waals surface area contributed by atoms with E-state index < -0.39 is 6.17 Å². The third-order valence-corrected chi connectivity index (χ3v) is 9.23. The highest BCUT2D eigenvalue weighted by molar-refractivity contribution is 5.99. The van der Waals surface area contributed by atoms with Gasteiger partial charge in [-0.05, 0) is 86.1 Å². The second kappa shape index (κ2) is 9.76. The molecule has 1 saturated heterocycles. The number of carbonyl (C=O) groups is 2. The van der Waals surface area contributed by atoms with Gasteiger partial charge in [0.25, 0.3) is 11.8 Å². The summed E-state index contributed by atoms with van der Waals surface area (Å²) < 4.78 is 18.3. The van der Waals surface area contributed by atoms with Crippen LogP contribution in [0.15, 0.2) is 54.7 Å². The van der Waals surface area contributed by atoms with Crippen molar-refractivity contribution in [1.82, 2.24) is 29.4 Å². The fourth-order valence-electron chi connectivity index (χ4n) is 6.79. The minimum Gasteiger partial charge on any atom is -0.348 e. The maximum Gasteiger partial charge on any atom is 0.255 e. The highest BCUT2D eigenvalue weighted by Gasteiger charge is 2.30. The Bertz CT molecular complexity index is 1940. The number of halogens is 1. The van der Waals surface area contributed by atoms with Crippen LogP contribution in [-0.4, -0.2) is 55.1 Å². The Labute approximate surface area is 248 Å². The van der Waals surface area contributed by atoms with Gasteiger partial charge in [0.05, 0.1) is 29.0 Å². The molecule has 9 heteroatoms. The number of alkyl halides is 1. The van der Waals surface area contributed by atoms with Crippen molar-refractivity contribution < 1.29 is 14.0 Å². The van der Waals surface area contributed by atoms with E-state index in [4.69, 9.17) is 10.1 Å². The van der Waals surface area contributed by atoms with E-state index in [0.717, 1.165) is 62.4 Å². The molecule has 0 bridgehead atoms. The predicted octanol–water partition coefficient (Wildman–Crippen LogP) is 5.80. The molecule has 2 fully saturated rings. The second-order valence-corrected chi connectivity index (χ2v) is 12.6. The van der Waals surface area contributed by atoms with Crippen molar-refractivity contribution in [3.63, 3.8) is 0 Å². The van der Waals surface area contributed by atoms with E-state index in [9.17, 15) is 14.0 Å². The number of nitrogens with one attached hydrogen (secondary N) is 1. The lowest BCUT2D eigenvalue weighted by atomic mass is 9.98. The van der Waals surface area contributed by atoms with Crippen LogP contribution < -0.4 is 5.32 Å². The first kappa shape index (κ1) is 26.1. The van der Waals surface area contributed by atoms with Crippen molar-refractivity contribution in [3.05, 3.63) is 77.0 Å². The third kappa shape index (κ3) is 4.49. The number of likely N-dealkylation sites (tertiary alicyclic amines) is 1. The van der Waals surface area contributed by atoms with Gasteiger partial charge in [-0.25, -0.2) is 13.9 Å². The minimum absolute atomic E-state index is 0.0262. The van der Waals surface area contributed by atoms with Gasteiger partial charge in [0.1, 0.15) is 17.5 Å². The van der Waals surface area contributed by atoms with Crippen molar-refractivity contribution in [1.29, 1.82) is 0 Å². The van der Waals surface area contributed by atoms with E-state index in [1.54, 1.807) is 15.6 Å². The number of pyridine rings is 2. The highest BCUT2D eigenvalue weighted by Crippen LogP contribution is 2.37. The molecule has 2 atom stereocenters. The van der Waals surface area contributed by atoms with Gasteiger partial charge >= 0.3 is 0 Å². The molecule has 5 aromatic rings. The average molecular weight is 577 g/mol. The zero-order valence-corrected chi connectivity index (χ0v) is 24.3. The summed E-state index contributed by atoms with van der Waals surface area (Å²) in [6.45, 7) is 6.17. The summed E-state index contributed by atoms with van der Waals surface area (Å²) in [6, 6.07) is 16.0. The number of nitrogens with zero attached hydrogens (tertiary/aromatic N) is 5. The number of hydrogen-bond acceptors (Lipinski definition) is 4. The van der Waals surface area contributed by atoms with Gasteiger partial charge in [0, 0.05) is 47.9 Å². The topological polar surface area (TPSA) is 84.5 Å². The maximum atomic E-state index is 14.2. The van der Waals surface area contributed by atoms with Crippen LogP contribution in [0.25, 0.3) is 39.2 Å². The van der Waals surface area contributed by atoms with Crippen LogP contribution in [0.2, 0.25) is 0 Å². The number of amides is 2. The third-order valence-electron chi connectivity index (χ3n) is 9.23. The van der Waals surface area contributed by atoms with Gasteiger partial charge in [0.2, 0.25) is 0 Å². The summed E-state index contributed by atoms with van der Waals surface area (Å²) in [5.74, 6) is 0.574. The highest BCUT2D eigenvalue weighted by atomic mass is 19.1. The number of rotatable bonds is 5. The van der Waals surface area contributed by atoms with E-state index in [1.807, 2.05) is 37.3 Å². The van der Waals surface area contributed by atoms with E-state index in [1.165, 1.54) is 12.8 Å². The normalized spacial score (nSPS) is 20.2. The summed E-state index contributed by atoms with van der Waals surface area (Å²) in [7, 11) is 0. The van der Waals surface area contributed by atoms with E-state index in [-0.39, 0.29) is 24.3 Å². The predicted molar refractivity (Wildman–Crippen MR) is 163 cm³/mol. The molecular weight excluding hydrogens is 543 g/mol. The number of aryl methyl sites for hydroxylation is 1. The molecule has 4 aromatic heterocycles. The van der Waals surface area contributed by atoms with Crippen LogP contribution in [0.4, 0.5) is 4.39 Å². The van der Waals surface area contributed by atoms with Crippen molar-refractivity contribution >= 4 is 28.4 Å². The SMILES string of the molecule is Cc1c(-c2cc3ccc(-c4ccc5c(c4)CNC5=O)nc3n2CC2CC2)nn2cc(C(=O)N3C[C@H](C)C[C@@H](F)C3)ccc12. The first-order valence-electron chi connectivity index (χ1n) is 15.2. The molecule has 3 aliphatic rings. The summed E-state index contributed by atoms with van der Waals surface area (Å²) in [5.41, 5.74) is 8.85. The molecule has 2 aliphatic heterocycles. The standard InChI is InChI=1S/C34H33FN6O2/c1-19-11-26(35)18-39(15-19)34(43)24-7-10-29-20(2)31(38-41(29)17-24)30-13-23-6-9-28(37-32(23)40(30)16-21-3-4-21)22-5-8-27-25(12-22)14-36-33(27)42/h5-10,12-13,17,19,21,26H,3-4,11,14-16,18H2,1-2H3,(H,36,42)/t19-,26-/m1/s1. The Balaban J connectivity index is 1.19. The molecule has 8 nitrogen and oxygen atoms in total. The van der Waals surface area contributed by atoms with Crippen molar-refractivity contribution in [2.45, 2.75) is 52.4 Å². The molecule has 0 spiro atoms. The number of fused-ring (bicyclic) bond motifs is 3. The lowest BCUT2D eigenvalue weighted by molar-refractivity contribution is 0.0555. The monoisotopic (exact) mass is 576 g/mol. The molecule has 1 saturated carbocycles. The van der Waals surface area contributed by atoms with Crippen LogP contribution in [0.1, 0.15) is 58.0 Å². The van der Waals surface area contributed by atoms with Crippen molar-refractivity contribution in [3.8, 4) is 22.6 Å². The number of benzene rings is 1. The Hall–Kier alpha value is -4.53. The van der Waals surface area contributed by atoms with Gasteiger partial charge in [-0.3, -0.25) is 9.59 Å². The number of carbonyl (C=O) groups excluding carboxylic acids is 2. The zero-order valence-electron chi connectivity index (χ0n) is 24.3. The lowest BCUT2D eigenvalue weighted by Crippen LogP contribution is -2.44. The molecule has 1 N–H and O–H groups in total. The average Bonchev–Trinajstić information content (AvgIpc) is 3.53. The Morgan fingerprint density at radius 1 is 1.09 bits per heavy atom. The maximum absolute atomic E-state index is 14.2. The lowest BCUT2D eigenvalue weighted by Gasteiger charge is -2.33. The van der Waals surface area contributed by atoms with Crippen molar-refractivity contribution in [2.75, 3.05) is 13.1 Å². The largest absolute Gasteiger partial charge is 0.348 e. The molecule has 0 radical (unpaired) electrons. The molecule has 0 unspecified atom stereocenters. The molecule has 218 valence electrons. The Kier molecular flexibility index (Phi) is 5.93. The zero-order chi connectivity index (χ0) is 29.4. The number of hydrogen-bond donors (Lipinski definition) is 1. The van der Waals surface area contributed by atoms with Gasteiger partial charge in [0.15, 0.2) is 0 Å². The second-order valence-electron chi connectivity index (χ2n) is 12.6. The Morgan fingerprint density at radius 2 is 1.95 bits per heavy atom. The van der Waals surface area contributed by atoms with Crippen LogP contribution in [-0.2, 0) is 13.1 Å². The summed E-state index contributed by atoms with van der Waals surface area (Å²) in [5, 5.41) is 8.93. The first-order valence-corrected chi connectivity index (χ1v) is 15.2. The number of piperidine rings is 1. The first-order chi connectivity index (χ1) is 20.8. The van der Waals surface area contributed by atoms with Gasteiger partial charge in [-0.15, -0.1) is 0 Å². The van der Waals surface area contributed by atoms with Gasteiger partial charge in [-0.1, -0.05) is 13.0 Å². The summed E-state index contributed by atoms with van der Waals surface area (Å²) in [4.78, 5) is 32.1. The van der Waals surface area contributed by atoms with Gasteiger partial charge in [-0.2, -0.15) is 5.10 Å². The molecule has 43 heavy (non-hydrogen) atoms. The number of aromatic nitrogens is 4. The molecule has 1 aromatic carbocycles. The van der Waals surface area contributed by atoms with Crippen LogP contribution >= 0.6 is 0 Å². The smallest absolute Gasteiger partial charge is 0.255 e. The Morgan fingerprint density at radius 3 is 2.77 bits per heavy atom. The van der Waals surface area contributed by atoms with Gasteiger partial charge < -0.3 is 14.8 Å².